The topological polar surface area (TPSA) is 44.4 Å². The molecule has 2 unspecified atom stereocenters. The third kappa shape index (κ3) is 6.73. The Morgan fingerprint density at radius 2 is 2.08 bits per heavy atom. The summed E-state index contributed by atoms with van der Waals surface area (Å²) in [4.78, 5) is 14.6. The van der Waals surface area contributed by atoms with Crippen molar-refractivity contribution in [2.45, 2.75) is 39.2 Å². The lowest BCUT2D eigenvalue weighted by molar-refractivity contribution is -0.122. The van der Waals surface area contributed by atoms with Gasteiger partial charge in [-0.05, 0) is 55.3 Å². The van der Waals surface area contributed by atoms with Crippen molar-refractivity contribution in [3.05, 3.63) is 35.4 Å². The van der Waals surface area contributed by atoms with Crippen LogP contribution in [0.4, 0.5) is 0 Å². The van der Waals surface area contributed by atoms with E-state index in [9.17, 15) is 4.79 Å². The van der Waals surface area contributed by atoms with Gasteiger partial charge in [0.05, 0.1) is 0 Å². The number of hydrogen-bond donors (Lipinski definition) is 2. The number of hydrogen-bond acceptors (Lipinski definition) is 3. The third-order valence-corrected chi connectivity index (χ3v) is 5.61. The quantitative estimate of drug-likeness (QED) is 0.769. The summed E-state index contributed by atoms with van der Waals surface area (Å²) in [6, 6.07) is 8.69. The molecule has 0 spiro atoms. The molecule has 1 aromatic rings. The number of benzene rings is 1. The fraction of sp³-hybridized carbons (Fsp3) is 0.650. The van der Waals surface area contributed by atoms with Gasteiger partial charge < -0.3 is 10.6 Å². The molecule has 2 aliphatic rings. The number of halogens is 2. The Hall–Kier alpha value is -0.810. The summed E-state index contributed by atoms with van der Waals surface area (Å²) in [6.07, 6.45) is 4.28. The van der Waals surface area contributed by atoms with Gasteiger partial charge in [-0.25, -0.2) is 0 Å². The average Bonchev–Trinajstić information content (AvgIpc) is 2.62. The number of rotatable bonds is 6. The van der Waals surface area contributed by atoms with Gasteiger partial charge in [0.1, 0.15) is 0 Å². The minimum atomic E-state index is 0. The van der Waals surface area contributed by atoms with Crippen molar-refractivity contribution in [1.82, 2.24) is 15.5 Å². The Bertz CT molecular complexity index is 550. The molecule has 0 saturated carbocycles. The van der Waals surface area contributed by atoms with Gasteiger partial charge in [-0.3, -0.25) is 9.69 Å². The van der Waals surface area contributed by atoms with E-state index >= 15 is 0 Å². The largest absolute Gasteiger partial charge is 0.355 e. The van der Waals surface area contributed by atoms with Crippen molar-refractivity contribution >= 4 is 30.7 Å². The van der Waals surface area contributed by atoms with E-state index < -0.39 is 0 Å². The van der Waals surface area contributed by atoms with E-state index in [0.717, 1.165) is 45.7 Å². The van der Waals surface area contributed by atoms with Gasteiger partial charge in [-0.15, -0.1) is 24.8 Å². The molecule has 0 aromatic heterocycles. The average molecular weight is 402 g/mol. The number of piperidine rings is 1. The number of carbonyl (C=O) groups is 1. The predicted molar refractivity (Wildman–Crippen MR) is 112 cm³/mol. The molecule has 0 bridgehead atoms. The molecular weight excluding hydrogens is 369 g/mol. The normalized spacial score (nSPS) is 20.9. The van der Waals surface area contributed by atoms with E-state index in [1.54, 1.807) is 0 Å². The first kappa shape index (κ1) is 23.2. The molecule has 3 rings (SSSR count). The SMILES string of the molecule is CC(CC(=O)NCCN1CCc2ccccc2C1)C1CCCNC1.Cl.Cl. The molecule has 1 aromatic carbocycles. The molecule has 1 amide bonds. The standard InChI is InChI=1S/C20H31N3O.2ClH/c1-16(18-7-4-9-21-14-18)13-20(24)22-10-12-23-11-8-17-5-2-3-6-19(17)15-23;;/h2-3,5-6,16,18,21H,4,7-15H2,1H3,(H,22,24);2*1H. The number of fused-ring (bicyclic) bond motifs is 1. The highest BCUT2D eigenvalue weighted by Crippen LogP contribution is 2.22. The fourth-order valence-corrected chi connectivity index (χ4v) is 3.99. The molecule has 148 valence electrons. The highest BCUT2D eigenvalue weighted by molar-refractivity contribution is 5.85. The zero-order valence-electron chi connectivity index (χ0n) is 15.7. The molecule has 1 saturated heterocycles. The van der Waals surface area contributed by atoms with Gasteiger partial charge in [0.15, 0.2) is 0 Å². The van der Waals surface area contributed by atoms with E-state index in [1.165, 1.54) is 24.0 Å². The lowest BCUT2D eigenvalue weighted by Crippen LogP contribution is -2.39. The van der Waals surface area contributed by atoms with Crippen LogP contribution in [0.1, 0.15) is 37.3 Å². The van der Waals surface area contributed by atoms with Crippen LogP contribution in [-0.2, 0) is 17.8 Å². The van der Waals surface area contributed by atoms with Gasteiger partial charge in [-0.2, -0.15) is 0 Å². The highest BCUT2D eigenvalue weighted by Gasteiger charge is 2.22. The zero-order chi connectivity index (χ0) is 16.8. The van der Waals surface area contributed by atoms with Gasteiger partial charge in [-0.1, -0.05) is 31.2 Å². The molecule has 1 fully saturated rings. The Balaban J connectivity index is 0.00000169. The van der Waals surface area contributed by atoms with Crippen LogP contribution >= 0.6 is 24.8 Å². The number of amides is 1. The summed E-state index contributed by atoms with van der Waals surface area (Å²) < 4.78 is 0. The van der Waals surface area contributed by atoms with Crippen LogP contribution in [0.5, 0.6) is 0 Å². The summed E-state index contributed by atoms with van der Waals surface area (Å²) in [5.74, 6) is 1.34. The van der Waals surface area contributed by atoms with Crippen LogP contribution in [0.3, 0.4) is 0 Å². The first-order valence-electron chi connectivity index (χ1n) is 9.49. The Morgan fingerprint density at radius 1 is 1.31 bits per heavy atom. The smallest absolute Gasteiger partial charge is 0.220 e. The summed E-state index contributed by atoms with van der Waals surface area (Å²) in [6.45, 7) is 8.23. The first-order valence-corrected chi connectivity index (χ1v) is 9.49. The van der Waals surface area contributed by atoms with Crippen LogP contribution in [0, 0.1) is 11.8 Å². The number of nitrogens with zero attached hydrogens (tertiary/aromatic N) is 1. The van der Waals surface area contributed by atoms with E-state index in [0.29, 0.717) is 18.3 Å². The van der Waals surface area contributed by atoms with Crippen molar-refractivity contribution in [1.29, 1.82) is 0 Å². The summed E-state index contributed by atoms with van der Waals surface area (Å²) in [5, 5.41) is 6.57. The summed E-state index contributed by atoms with van der Waals surface area (Å²) in [5.41, 5.74) is 2.92. The Labute approximate surface area is 170 Å². The second kappa shape index (κ2) is 11.8. The summed E-state index contributed by atoms with van der Waals surface area (Å²) >= 11 is 0. The second-order valence-corrected chi connectivity index (χ2v) is 7.43. The number of carbonyl (C=O) groups excluding carboxylic acids is 1. The van der Waals surface area contributed by atoms with Crippen molar-refractivity contribution in [3.8, 4) is 0 Å². The maximum absolute atomic E-state index is 12.2. The van der Waals surface area contributed by atoms with E-state index in [1.807, 2.05) is 0 Å². The Morgan fingerprint density at radius 3 is 2.81 bits per heavy atom. The van der Waals surface area contributed by atoms with Gasteiger partial charge in [0, 0.05) is 32.6 Å². The minimum Gasteiger partial charge on any atom is -0.355 e. The lowest BCUT2D eigenvalue weighted by Gasteiger charge is -2.29. The molecular formula is C20H33Cl2N3O. The molecule has 2 atom stereocenters. The van der Waals surface area contributed by atoms with Gasteiger partial charge >= 0.3 is 0 Å². The predicted octanol–water partition coefficient (Wildman–Crippen LogP) is 3.03. The maximum atomic E-state index is 12.2. The first-order chi connectivity index (χ1) is 11.7. The molecule has 26 heavy (non-hydrogen) atoms. The lowest BCUT2D eigenvalue weighted by atomic mass is 9.85. The van der Waals surface area contributed by atoms with Crippen molar-refractivity contribution in [2.24, 2.45) is 11.8 Å². The molecule has 0 aliphatic carbocycles. The van der Waals surface area contributed by atoms with Crippen molar-refractivity contribution in [3.63, 3.8) is 0 Å². The monoisotopic (exact) mass is 401 g/mol. The molecule has 2 aliphatic heterocycles. The number of nitrogens with one attached hydrogen (secondary N) is 2. The summed E-state index contributed by atoms with van der Waals surface area (Å²) in [7, 11) is 0. The minimum absolute atomic E-state index is 0. The van der Waals surface area contributed by atoms with Crippen LogP contribution in [-0.4, -0.2) is 43.5 Å². The molecule has 4 nitrogen and oxygen atoms in total. The molecule has 6 heteroatoms. The van der Waals surface area contributed by atoms with Gasteiger partial charge in [0.25, 0.3) is 0 Å². The molecule has 0 radical (unpaired) electrons. The van der Waals surface area contributed by atoms with Crippen LogP contribution in [0.15, 0.2) is 24.3 Å². The van der Waals surface area contributed by atoms with E-state index in [4.69, 9.17) is 0 Å². The van der Waals surface area contributed by atoms with Crippen LogP contribution in [0.2, 0.25) is 0 Å². The van der Waals surface area contributed by atoms with Gasteiger partial charge in [0.2, 0.25) is 5.91 Å². The molecule has 2 N–H and O–H groups in total. The van der Waals surface area contributed by atoms with Crippen molar-refractivity contribution in [2.75, 3.05) is 32.7 Å². The van der Waals surface area contributed by atoms with Crippen LogP contribution in [0.25, 0.3) is 0 Å². The van der Waals surface area contributed by atoms with Crippen molar-refractivity contribution < 1.29 is 4.79 Å². The van der Waals surface area contributed by atoms with E-state index in [2.05, 4.69) is 46.7 Å². The Kier molecular flexibility index (Phi) is 10.6. The highest BCUT2D eigenvalue weighted by atomic mass is 35.5. The fourth-order valence-electron chi connectivity index (χ4n) is 3.99. The van der Waals surface area contributed by atoms with Crippen LogP contribution < -0.4 is 10.6 Å². The molecule has 2 heterocycles. The third-order valence-electron chi connectivity index (χ3n) is 5.61. The second-order valence-electron chi connectivity index (χ2n) is 7.43. The zero-order valence-corrected chi connectivity index (χ0v) is 17.3. The van der Waals surface area contributed by atoms with E-state index in [-0.39, 0.29) is 30.7 Å². The maximum Gasteiger partial charge on any atom is 0.220 e.